The van der Waals surface area contributed by atoms with Crippen LogP contribution in [0.15, 0.2) is 121 Å². The molecule has 0 atom stereocenters. The predicted molar refractivity (Wildman–Crippen MR) is 242 cm³/mol. The summed E-state index contributed by atoms with van der Waals surface area (Å²) in [4.78, 5) is 0. The van der Waals surface area contributed by atoms with Crippen molar-refractivity contribution in [3.05, 3.63) is 147 Å². The standard InChI is InChI=1S/2C24H27.2CH3.2ClH.Si.Zr/c2*1-2-13-24(14-6-7-15-24)18-19-16-21-11-8-12-22(23(21)17-19)20-9-4-3-5-10-20;;;;;;/h2*3-5,8-12,16-17H,2,6-7,13-15,18H2,1H3;2*1H3;2*1H;;/q4*-1;;;;. The Balaban J connectivity index is 0.000000334. The summed E-state index contributed by atoms with van der Waals surface area (Å²) >= 11 is 1.36. The van der Waals surface area contributed by atoms with Crippen LogP contribution < -0.4 is 0 Å². The molecule has 0 aromatic heterocycles. The van der Waals surface area contributed by atoms with Crippen LogP contribution in [0.1, 0.15) is 102 Å². The quantitative estimate of drug-likeness (QED) is 0.0951. The van der Waals surface area contributed by atoms with Crippen molar-refractivity contribution in [2.24, 2.45) is 10.8 Å². The number of benzene rings is 4. The summed E-state index contributed by atoms with van der Waals surface area (Å²) in [5.41, 5.74) is 9.63. The monoisotopic (exact) mass is 850 g/mol. The van der Waals surface area contributed by atoms with Gasteiger partial charge in [0.25, 0.3) is 0 Å². The van der Waals surface area contributed by atoms with Gasteiger partial charge in [-0.25, -0.2) is 0 Å². The van der Waals surface area contributed by atoms with E-state index in [2.05, 4.69) is 142 Å². The second-order valence-corrected chi connectivity index (χ2v) is 15.3. The summed E-state index contributed by atoms with van der Waals surface area (Å²) in [7, 11) is 0. The van der Waals surface area contributed by atoms with Crippen LogP contribution in [0.4, 0.5) is 0 Å². The van der Waals surface area contributed by atoms with Gasteiger partial charge in [-0.2, -0.15) is 12.1 Å². The van der Waals surface area contributed by atoms with Gasteiger partial charge in [0.15, 0.2) is 0 Å². The first kappa shape index (κ1) is 47.9. The SMILES string of the molecule is CCCC1(Cc2cc3c(-c4ccccc4)cccc3[cH-]2)CCCC1.CCCC1(Cc2cc3c(-c4ccccc4)cccc3[cH-]2)CCCC1.Cl.Cl.[CH3-].[CH3-].[Si]=[Zr]. The molecule has 0 nitrogen and oxygen atoms in total. The molecule has 0 unspecified atom stereocenters. The van der Waals surface area contributed by atoms with E-state index in [4.69, 9.17) is 0 Å². The third kappa shape index (κ3) is 11.4. The summed E-state index contributed by atoms with van der Waals surface area (Å²) in [5, 5.41) is 5.64. The van der Waals surface area contributed by atoms with Gasteiger partial charge in [-0.3, -0.25) is 0 Å². The Morgan fingerprint density at radius 3 is 1.20 bits per heavy atom. The molecular weight excluding hydrogens is 791 g/mol. The molecule has 2 radical (unpaired) electrons. The maximum absolute atomic E-state index is 3.06. The minimum absolute atomic E-state index is 0. The van der Waals surface area contributed by atoms with E-state index < -0.39 is 0 Å². The minimum atomic E-state index is 0. The van der Waals surface area contributed by atoms with Crippen molar-refractivity contribution in [2.45, 2.75) is 104 Å². The van der Waals surface area contributed by atoms with Crippen molar-refractivity contribution in [3.8, 4) is 22.3 Å². The van der Waals surface area contributed by atoms with E-state index in [1.807, 2.05) is 0 Å². The van der Waals surface area contributed by atoms with Crippen LogP contribution in [0.5, 0.6) is 0 Å². The van der Waals surface area contributed by atoms with Crippen LogP contribution in [0, 0.1) is 25.7 Å². The molecule has 0 saturated heterocycles. The first-order valence-electron chi connectivity index (χ1n) is 19.3. The summed E-state index contributed by atoms with van der Waals surface area (Å²) in [6.07, 6.45) is 19.3. The van der Waals surface area contributed by atoms with Gasteiger partial charge in [-0.05, 0) is 73.3 Å². The van der Waals surface area contributed by atoms with Crippen molar-refractivity contribution in [1.82, 2.24) is 0 Å². The Labute approximate surface area is 358 Å². The molecule has 8 rings (SSSR count). The average Bonchev–Trinajstić information content (AvgIpc) is 3.98. The van der Waals surface area contributed by atoms with E-state index in [-0.39, 0.29) is 39.7 Å². The zero-order chi connectivity index (χ0) is 34.8. The summed E-state index contributed by atoms with van der Waals surface area (Å²) in [6, 6.07) is 44.9. The normalized spacial score (nSPS) is 14.9. The van der Waals surface area contributed by atoms with Crippen molar-refractivity contribution >= 4 is 53.2 Å². The van der Waals surface area contributed by atoms with Crippen LogP contribution in [0.3, 0.4) is 0 Å². The van der Waals surface area contributed by atoms with Gasteiger partial charge in [-0.15, -0.1) is 93.9 Å². The molecule has 6 aromatic rings. The molecule has 2 aliphatic rings. The molecule has 0 bridgehead atoms. The molecule has 4 heteroatoms. The van der Waals surface area contributed by atoms with Crippen LogP contribution in [-0.4, -0.2) is 6.88 Å². The van der Waals surface area contributed by atoms with E-state index in [0.29, 0.717) is 10.8 Å². The molecule has 0 heterocycles. The van der Waals surface area contributed by atoms with Gasteiger partial charge in [0.2, 0.25) is 0 Å². The van der Waals surface area contributed by atoms with Gasteiger partial charge in [-0.1, -0.05) is 136 Å². The Hall–Kier alpha value is -2.22. The molecule has 288 valence electrons. The number of hydrogen-bond donors (Lipinski definition) is 0. The van der Waals surface area contributed by atoms with E-state index in [1.165, 1.54) is 157 Å². The van der Waals surface area contributed by atoms with Crippen LogP contribution in [0.2, 0.25) is 0 Å². The fourth-order valence-electron chi connectivity index (χ4n) is 9.74. The Morgan fingerprint density at radius 2 is 0.870 bits per heavy atom. The second-order valence-electron chi connectivity index (χ2n) is 15.3. The van der Waals surface area contributed by atoms with Gasteiger partial charge < -0.3 is 14.9 Å². The van der Waals surface area contributed by atoms with Crippen molar-refractivity contribution in [1.29, 1.82) is 0 Å². The number of halogens is 2. The van der Waals surface area contributed by atoms with Crippen molar-refractivity contribution in [2.75, 3.05) is 0 Å². The molecule has 0 amide bonds. The number of fused-ring (bicyclic) bond motifs is 2. The average molecular weight is 853 g/mol. The van der Waals surface area contributed by atoms with Crippen LogP contribution in [0.25, 0.3) is 43.8 Å². The maximum atomic E-state index is 3.06. The number of rotatable bonds is 10. The molecule has 2 saturated carbocycles. The molecule has 2 fully saturated rings. The second kappa shape index (κ2) is 23.1. The first-order valence-corrected chi connectivity index (χ1v) is 23.5. The molecule has 6 aromatic carbocycles. The topological polar surface area (TPSA) is 0 Å². The molecule has 0 N–H and O–H groups in total. The first-order chi connectivity index (χ1) is 24.6. The summed E-state index contributed by atoms with van der Waals surface area (Å²) in [5.74, 6) is 0. The molecule has 0 spiro atoms. The van der Waals surface area contributed by atoms with Gasteiger partial charge in [0.05, 0.1) is 0 Å². The van der Waals surface area contributed by atoms with E-state index in [9.17, 15) is 0 Å². The van der Waals surface area contributed by atoms with E-state index >= 15 is 0 Å². The Morgan fingerprint density at radius 1 is 0.519 bits per heavy atom. The molecule has 0 aliphatic heterocycles. The molecular formula is C50H62Cl2SiZr-4. The summed E-state index contributed by atoms with van der Waals surface area (Å²) in [6.45, 7) is 7.75. The molecule has 2 aliphatic carbocycles. The fraction of sp³-hybridized carbons (Fsp3) is 0.360. The zero-order valence-electron chi connectivity index (χ0n) is 33.3. The third-order valence-electron chi connectivity index (χ3n) is 11.8. The van der Waals surface area contributed by atoms with Crippen LogP contribution in [-0.2, 0) is 36.2 Å². The fourth-order valence-corrected chi connectivity index (χ4v) is 9.74. The van der Waals surface area contributed by atoms with E-state index in [1.54, 1.807) is 11.1 Å². The zero-order valence-corrected chi connectivity index (χ0v) is 38.4. The number of hydrogen-bond acceptors (Lipinski definition) is 0. The van der Waals surface area contributed by atoms with Crippen LogP contribution >= 0.6 is 24.8 Å². The van der Waals surface area contributed by atoms with Gasteiger partial charge >= 0.3 is 30.2 Å². The van der Waals surface area contributed by atoms with E-state index in [0.717, 1.165) is 0 Å². The predicted octanol–water partition coefficient (Wildman–Crippen LogP) is 15.6. The van der Waals surface area contributed by atoms with Gasteiger partial charge in [0, 0.05) is 0 Å². The summed E-state index contributed by atoms with van der Waals surface area (Å²) < 4.78 is 0. The Kier molecular flexibility index (Phi) is 20.5. The Bertz CT molecular complexity index is 1790. The van der Waals surface area contributed by atoms with Gasteiger partial charge in [0.1, 0.15) is 0 Å². The van der Waals surface area contributed by atoms with Crippen molar-refractivity contribution < 1.29 is 23.3 Å². The third-order valence-corrected chi connectivity index (χ3v) is 11.8. The van der Waals surface area contributed by atoms with Crippen molar-refractivity contribution in [3.63, 3.8) is 0 Å². The molecule has 54 heavy (non-hydrogen) atoms.